The van der Waals surface area contributed by atoms with Crippen molar-refractivity contribution in [2.45, 2.75) is 13.8 Å². The normalized spacial score (nSPS) is 11.3. The Kier molecular flexibility index (Phi) is 3.43. The summed E-state index contributed by atoms with van der Waals surface area (Å²) in [5.74, 6) is 0.795. The fraction of sp³-hybridized carbons (Fsp3) is 0.111. The van der Waals surface area contributed by atoms with Crippen molar-refractivity contribution in [1.82, 2.24) is 10.1 Å². The van der Waals surface area contributed by atoms with E-state index in [1.807, 2.05) is 50.2 Å². The molecule has 114 valence electrons. The second kappa shape index (κ2) is 5.48. The fourth-order valence-corrected chi connectivity index (χ4v) is 3.95. The Morgan fingerprint density at radius 1 is 1.04 bits per heavy atom. The summed E-state index contributed by atoms with van der Waals surface area (Å²) in [6, 6.07) is 14.0. The van der Waals surface area contributed by atoms with E-state index in [0.29, 0.717) is 0 Å². The predicted molar refractivity (Wildman–Crippen MR) is 95.0 cm³/mol. The van der Waals surface area contributed by atoms with Crippen molar-refractivity contribution in [2.75, 3.05) is 0 Å². The second-order valence-corrected chi connectivity index (χ2v) is 6.88. The van der Waals surface area contributed by atoms with Gasteiger partial charge < -0.3 is 4.52 Å². The van der Waals surface area contributed by atoms with E-state index in [4.69, 9.17) is 16.1 Å². The molecule has 0 saturated carbocycles. The van der Waals surface area contributed by atoms with E-state index in [0.717, 1.165) is 48.4 Å². The molecule has 0 aliphatic heterocycles. The number of hydrogen-bond donors (Lipinski definition) is 0. The molecule has 3 nitrogen and oxygen atoms in total. The van der Waals surface area contributed by atoms with E-state index >= 15 is 0 Å². The molecule has 3 aromatic heterocycles. The van der Waals surface area contributed by atoms with Crippen LogP contribution in [0, 0.1) is 13.8 Å². The molecule has 0 unspecified atom stereocenters. The second-order valence-electron chi connectivity index (χ2n) is 5.44. The van der Waals surface area contributed by atoms with Crippen molar-refractivity contribution in [2.24, 2.45) is 0 Å². The zero-order valence-electron chi connectivity index (χ0n) is 12.6. The van der Waals surface area contributed by atoms with Crippen LogP contribution in [-0.4, -0.2) is 10.1 Å². The van der Waals surface area contributed by atoms with Crippen LogP contribution >= 0.6 is 22.9 Å². The number of hydrogen-bond acceptors (Lipinski definition) is 4. The molecule has 0 aliphatic carbocycles. The number of halogens is 1. The molecule has 4 rings (SSSR count). The van der Waals surface area contributed by atoms with Gasteiger partial charge >= 0.3 is 0 Å². The monoisotopic (exact) mass is 340 g/mol. The summed E-state index contributed by atoms with van der Waals surface area (Å²) >= 11 is 7.67. The summed E-state index contributed by atoms with van der Waals surface area (Å²) in [6.07, 6.45) is 0. The van der Waals surface area contributed by atoms with Gasteiger partial charge in [-0.2, -0.15) is 0 Å². The maximum Gasteiger partial charge on any atom is 0.134 e. The standard InChI is InChI=1S/C18H13ClN2OS/c1-10-3-8-14-16(12-4-6-13(19)7-5-12)17(23-18(14)20-10)15-9-11(2)22-21-15/h3-9H,1-2H3. The first-order valence-electron chi connectivity index (χ1n) is 7.21. The highest BCUT2D eigenvalue weighted by atomic mass is 35.5. The summed E-state index contributed by atoms with van der Waals surface area (Å²) in [6.45, 7) is 3.90. The largest absolute Gasteiger partial charge is 0.361 e. The molecule has 0 fully saturated rings. The molecule has 0 bridgehead atoms. The summed E-state index contributed by atoms with van der Waals surface area (Å²) in [4.78, 5) is 6.74. The van der Waals surface area contributed by atoms with Crippen LogP contribution in [0.4, 0.5) is 0 Å². The lowest BCUT2D eigenvalue weighted by Crippen LogP contribution is -1.82. The minimum absolute atomic E-state index is 0.723. The first-order chi connectivity index (χ1) is 11.1. The summed E-state index contributed by atoms with van der Waals surface area (Å²) in [5.41, 5.74) is 4.07. The van der Waals surface area contributed by atoms with Gasteiger partial charge in [0.15, 0.2) is 0 Å². The minimum atomic E-state index is 0.723. The lowest BCUT2D eigenvalue weighted by Gasteiger charge is -2.03. The van der Waals surface area contributed by atoms with Gasteiger partial charge in [0, 0.05) is 27.7 Å². The fourth-order valence-electron chi connectivity index (χ4n) is 2.63. The quantitative estimate of drug-likeness (QED) is 0.456. The van der Waals surface area contributed by atoms with Crippen LogP contribution in [0.25, 0.3) is 31.9 Å². The molecule has 0 amide bonds. The molecule has 0 aliphatic rings. The third-order valence-corrected chi connectivity index (χ3v) is 5.06. The van der Waals surface area contributed by atoms with E-state index in [2.05, 4.69) is 16.2 Å². The number of aryl methyl sites for hydroxylation is 2. The SMILES string of the molecule is Cc1ccc2c(-c3ccc(Cl)cc3)c(-c3cc(C)on3)sc2n1. The number of thiophene rings is 1. The molecule has 0 atom stereocenters. The number of fused-ring (bicyclic) bond motifs is 1. The predicted octanol–water partition coefficient (Wildman–Crippen LogP) is 5.89. The number of aromatic nitrogens is 2. The Hall–Kier alpha value is -2.17. The highest BCUT2D eigenvalue weighted by Crippen LogP contribution is 2.44. The first kappa shape index (κ1) is 14.4. The van der Waals surface area contributed by atoms with E-state index in [1.165, 1.54) is 0 Å². The van der Waals surface area contributed by atoms with Crippen molar-refractivity contribution in [1.29, 1.82) is 0 Å². The van der Waals surface area contributed by atoms with Crippen LogP contribution in [0.2, 0.25) is 5.02 Å². The smallest absolute Gasteiger partial charge is 0.134 e. The van der Waals surface area contributed by atoms with Gasteiger partial charge in [-0.25, -0.2) is 4.98 Å². The lowest BCUT2D eigenvalue weighted by molar-refractivity contribution is 0.400. The molecule has 0 saturated heterocycles. The van der Waals surface area contributed by atoms with Gasteiger partial charge in [-0.15, -0.1) is 11.3 Å². The Morgan fingerprint density at radius 2 is 1.83 bits per heavy atom. The van der Waals surface area contributed by atoms with Crippen molar-refractivity contribution < 1.29 is 4.52 Å². The molecule has 3 heterocycles. The lowest BCUT2D eigenvalue weighted by atomic mass is 10.0. The van der Waals surface area contributed by atoms with Crippen LogP contribution in [0.15, 0.2) is 47.0 Å². The third kappa shape index (κ3) is 2.54. The molecule has 4 aromatic rings. The highest BCUT2D eigenvalue weighted by Gasteiger charge is 2.19. The van der Waals surface area contributed by atoms with Gasteiger partial charge in [-0.1, -0.05) is 28.9 Å². The summed E-state index contributed by atoms with van der Waals surface area (Å²) in [5, 5.41) is 6.04. The van der Waals surface area contributed by atoms with Gasteiger partial charge in [0.1, 0.15) is 16.3 Å². The summed E-state index contributed by atoms with van der Waals surface area (Å²) in [7, 11) is 0. The van der Waals surface area contributed by atoms with Crippen LogP contribution in [0.3, 0.4) is 0 Å². The van der Waals surface area contributed by atoms with Crippen LogP contribution in [0.5, 0.6) is 0 Å². The number of pyridine rings is 1. The van der Waals surface area contributed by atoms with E-state index in [-0.39, 0.29) is 0 Å². The number of benzene rings is 1. The van der Waals surface area contributed by atoms with E-state index < -0.39 is 0 Å². The molecule has 1 aromatic carbocycles. The van der Waals surface area contributed by atoms with Crippen LogP contribution in [0.1, 0.15) is 11.5 Å². The van der Waals surface area contributed by atoms with E-state index in [9.17, 15) is 0 Å². The zero-order chi connectivity index (χ0) is 16.0. The Morgan fingerprint density at radius 3 is 2.52 bits per heavy atom. The average molecular weight is 341 g/mol. The molecule has 5 heteroatoms. The average Bonchev–Trinajstić information content (AvgIpc) is 3.11. The van der Waals surface area contributed by atoms with Gasteiger partial charge in [0.25, 0.3) is 0 Å². The van der Waals surface area contributed by atoms with Gasteiger partial charge in [0.05, 0.1) is 4.88 Å². The molecule has 0 radical (unpaired) electrons. The van der Waals surface area contributed by atoms with Crippen molar-refractivity contribution in [3.63, 3.8) is 0 Å². The topological polar surface area (TPSA) is 38.9 Å². The maximum atomic E-state index is 6.04. The summed E-state index contributed by atoms with van der Waals surface area (Å²) < 4.78 is 5.26. The van der Waals surface area contributed by atoms with Crippen molar-refractivity contribution in [3.8, 4) is 21.7 Å². The van der Waals surface area contributed by atoms with Crippen molar-refractivity contribution >= 4 is 33.2 Å². The van der Waals surface area contributed by atoms with Gasteiger partial charge in [-0.3, -0.25) is 0 Å². The molecular formula is C18H13ClN2OS. The number of nitrogens with zero attached hydrogens (tertiary/aromatic N) is 2. The number of rotatable bonds is 2. The van der Waals surface area contributed by atoms with Gasteiger partial charge in [0.2, 0.25) is 0 Å². The molecule has 23 heavy (non-hydrogen) atoms. The van der Waals surface area contributed by atoms with Crippen molar-refractivity contribution in [3.05, 3.63) is 58.9 Å². The maximum absolute atomic E-state index is 6.04. The Bertz CT molecular complexity index is 1000. The van der Waals surface area contributed by atoms with Crippen LogP contribution < -0.4 is 0 Å². The van der Waals surface area contributed by atoms with Crippen LogP contribution in [-0.2, 0) is 0 Å². The molecule has 0 spiro atoms. The Balaban J connectivity index is 2.04. The molecular weight excluding hydrogens is 328 g/mol. The Labute approximate surface area is 142 Å². The third-order valence-electron chi connectivity index (χ3n) is 3.69. The zero-order valence-corrected chi connectivity index (χ0v) is 14.2. The van der Waals surface area contributed by atoms with E-state index in [1.54, 1.807) is 11.3 Å². The highest BCUT2D eigenvalue weighted by molar-refractivity contribution is 7.22. The van der Waals surface area contributed by atoms with Gasteiger partial charge in [-0.05, 0) is 43.7 Å². The first-order valence-corrected chi connectivity index (χ1v) is 8.41. The minimum Gasteiger partial charge on any atom is -0.361 e. The molecule has 0 N–H and O–H groups in total.